The number of rotatable bonds is 7. The Morgan fingerprint density at radius 1 is 0.714 bits per heavy atom. The quantitative estimate of drug-likeness (QED) is 0.374. The van der Waals surface area contributed by atoms with Crippen LogP contribution in [0.15, 0.2) is 12.2 Å². The second-order valence-electron chi connectivity index (χ2n) is 7.88. The molecular formula is C18H50N3+3. The molecule has 0 aromatic heterocycles. The van der Waals surface area contributed by atoms with Gasteiger partial charge in [-0.05, 0) is 6.92 Å². The fourth-order valence-corrected chi connectivity index (χ4v) is 2.79. The molecule has 0 heterocycles. The monoisotopic (exact) mass is 308 g/mol. The summed E-state index contributed by atoms with van der Waals surface area (Å²) in [5.74, 6) is 0. The van der Waals surface area contributed by atoms with Crippen molar-refractivity contribution in [1.82, 2.24) is 0 Å². The van der Waals surface area contributed by atoms with E-state index in [9.17, 15) is 0 Å². The zero-order valence-electron chi connectivity index (χ0n) is 13.4. The molecule has 0 saturated carbocycles. The average molecular weight is 309 g/mol. The molecule has 3 nitrogen and oxygen atoms in total. The Morgan fingerprint density at radius 2 is 1.10 bits per heavy atom. The van der Waals surface area contributed by atoms with Crippen molar-refractivity contribution in [2.45, 2.75) is 43.1 Å². The molecule has 0 aromatic carbocycles. The third-order valence-corrected chi connectivity index (χ3v) is 2.72. The van der Waals surface area contributed by atoms with Gasteiger partial charge in [-0.15, -0.1) is 0 Å². The summed E-state index contributed by atoms with van der Waals surface area (Å²) in [5, 5.41) is 0. The van der Waals surface area contributed by atoms with Crippen molar-refractivity contribution in [3.8, 4) is 0 Å². The van der Waals surface area contributed by atoms with Gasteiger partial charge in [0.2, 0.25) is 13.3 Å². The normalized spacial score (nSPS) is 11.2. The maximum absolute atomic E-state index is 4.00. The van der Waals surface area contributed by atoms with Gasteiger partial charge in [0.15, 0.2) is 0 Å². The van der Waals surface area contributed by atoms with Gasteiger partial charge in [-0.25, -0.2) is 4.48 Å². The van der Waals surface area contributed by atoms with Crippen molar-refractivity contribution in [2.24, 2.45) is 0 Å². The van der Waals surface area contributed by atoms with Gasteiger partial charge in [0.25, 0.3) is 0 Å². The minimum Gasteiger partial charge on any atom is -0.284 e. The van der Waals surface area contributed by atoms with E-state index in [-0.39, 0.29) is 29.7 Å². The van der Waals surface area contributed by atoms with Crippen LogP contribution in [0.5, 0.6) is 0 Å². The Labute approximate surface area is 138 Å². The lowest BCUT2D eigenvalue weighted by Crippen LogP contribution is -2.61. The fraction of sp³-hybridized carbons (Fsp3) is 0.889. The van der Waals surface area contributed by atoms with Gasteiger partial charge >= 0.3 is 0 Å². The van der Waals surface area contributed by atoms with E-state index in [0.29, 0.717) is 0 Å². The SMILES string of the molecule is C.C.C.C.C=C(C)CC[N+](C)(C)C[N+](C)(C)C[N+](C)(C)C. The summed E-state index contributed by atoms with van der Waals surface area (Å²) in [5.41, 5.74) is 1.29. The Hall–Kier alpha value is -0.380. The van der Waals surface area contributed by atoms with Crippen molar-refractivity contribution in [2.75, 3.05) is 69.2 Å². The smallest absolute Gasteiger partial charge is 0.211 e. The third-order valence-electron chi connectivity index (χ3n) is 2.72. The van der Waals surface area contributed by atoms with E-state index < -0.39 is 0 Å². The Morgan fingerprint density at radius 3 is 1.38 bits per heavy atom. The van der Waals surface area contributed by atoms with Crippen LogP contribution in [0.4, 0.5) is 0 Å². The van der Waals surface area contributed by atoms with Gasteiger partial charge in [0.05, 0.1) is 55.9 Å². The molecule has 0 aliphatic carbocycles. The summed E-state index contributed by atoms with van der Waals surface area (Å²) in [6.45, 7) is 9.59. The van der Waals surface area contributed by atoms with Crippen molar-refractivity contribution < 1.29 is 13.4 Å². The van der Waals surface area contributed by atoms with E-state index >= 15 is 0 Å². The number of hydrogen-bond acceptors (Lipinski definition) is 0. The number of nitrogens with zero attached hydrogens (tertiary/aromatic N) is 3. The van der Waals surface area contributed by atoms with Gasteiger partial charge < -0.3 is 0 Å². The minimum atomic E-state index is 0. The maximum Gasteiger partial charge on any atom is 0.211 e. The van der Waals surface area contributed by atoms with Crippen LogP contribution < -0.4 is 0 Å². The highest BCUT2D eigenvalue weighted by Crippen LogP contribution is 2.11. The van der Waals surface area contributed by atoms with Crippen molar-refractivity contribution >= 4 is 0 Å². The molecule has 0 bridgehead atoms. The molecule has 134 valence electrons. The summed E-state index contributed by atoms with van der Waals surface area (Å²) in [6.07, 6.45) is 1.12. The lowest BCUT2D eigenvalue weighted by atomic mass is 10.2. The Bertz CT molecular complexity index is 260. The third kappa shape index (κ3) is 19.6. The first kappa shape index (κ1) is 32.5. The standard InChI is InChI=1S/C14H34N3.4CH4/c1-14(2)10-11-16(6,7)13-17(8,9)12-15(3,4)5;;;;/h1,10-13H2,2-9H3;4*1H4/q+3;;;;. The molecule has 0 saturated heterocycles. The van der Waals surface area contributed by atoms with E-state index in [1.165, 1.54) is 12.1 Å². The first-order valence-corrected chi connectivity index (χ1v) is 6.42. The predicted octanol–water partition coefficient (Wildman–Crippen LogP) is 4.27. The van der Waals surface area contributed by atoms with Crippen LogP contribution in [-0.4, -0.2) is 82.7 Å². The van der Waals surface area contributed by atoms with Crippen LogP contribution in [0.2, 0.25) is 0 Å². The van der Waals surface area contributed by atoms with E-state index in [1.54, 1.807) is 0 Å². The summed E-state index contributed by atoms with van der Waals surface area (Å²) in [7, 11) is 16.1. The zero-order valence-corrected chi connectivity index (χ0v) is 13.4. The highest BCUT2D eigenvalue weighted by Gasteiger charge is 2.31. The van der Waals surface area contributed by atoms with Gasteiger partial charge in [0, 0.05) is 6.42 Å². The molecule has 0 unspecified atom stereocenters. The average Bonchev–Trinajstić information content (AvgIpc) is 1.93. The molecule has 0 N–H and O–H groups in total. The van der Waals surface area contributed by atoms with Crippen LogP contribution >= 0.6 is 0 Å². The molecule has 0 radical (unpaired) electrons. The van der Waals surface area contributed by atoms with Crippen LogP contribution in [0.3, 0.4) is 0 Å². The maximum atomic E-state index is 4.00. The van der Waals surface area contributed by atoms with Gasteiger partial charge in [0.1, 0.15) is 0 Å². The lowest BCUT2D eigenvalue weighted by Gasteiger charge is -2.41. The molecule has 0 atom stereocenters. The molecule has 0 amide bonds. The molecule has 0 fully saturated rings. The Balaban J connectivity index is -0.000000213. The van der Waals surface area contributed by atoms with Gasteiger partial charge in [-0.3, -0.25) is 8.97 Å². The predicted molar refractivity (Wildman–Crippen MR) is 103 cm³/mol. The molecule has 3 heteroatoms. The second-order valence-corrected chi connectivity index (χ2v) is 7.88. The van der Waals surface area contributed by atoms with Crippen LogP contribution in [-0.2, 0) is 0 Å². The van der Waals surface area contributed by atoms with E-state index in [4.69, 9.17) is 0 Å². The van der Waals surface area contributed by atoms with Crippen LogP contribution in [0.25, 0.3) is 0 Å². The van der Waals surface area contributed by atoms with Crippen LogP contribution in [0, 0.1) is 0 Å². The molecule has 0 aromatic rings. The summed E-state index contributed by atoms with van der Waals surface area (Å²) in [6, 6.07) is 0. The fourth-order valence-electron chi connectivity index (χ4n) is 2.79. The van der Waals surface area contributed by atoms with Crippen molar-refractivity contribution in [3.63, 3.8) is 0 Å². The van der Waals surface area contributed by atoms with E-state index in [1.807, 2.05) is 0 Å². The van der Waals surface area contributed by atoms with E-state index in [0.717, 1.165) is 33.2 Å². The highest BCUT2D eigenvalue weighted by molar-refractivity contribution is 4.87. The molecule has 21 heavy (non-hydrogen) atoms. The first-order valence-electron chi connectivity index (χ1n) is 6.42. The van der Waals surface area contributed by atoms with Crippen LogP contribution in [0.1, 0.15) is 43.1 Å². The van der Waals surface area contributed by atoms with Crippen molar-refractivity contribution in [1.29, 1.82) is 0 Å². The molecule has 0 aliphatic rings. The summed E-state index contributed by atoms with van der Waals surface area (Å²) >= 11 is 0. The van der Waals surface area contributed by atoms with E-state index in [2.05, 4.69) is 62.8 Å². The van der Waals surface area contributed by atoms with Crippen molar-refractivity contribution in [3.05, 3.63) is 12.2 Å². The molecule has 0 spiro atoms. The summed E-state index contributed by atoms with van der Waals surface area (Å²) in [4.78, 5) is 0. The van der Waals surface area contributed by atoms with Gasteiger partial charge in [-0.2, -0.15) is 0 Å². The highest BCUT2D eigenvalue weighted by atomic mass is 15.6. The topological polar surface area (TPSA) is 0 Å². The number of quaternary nitrogens is 3. The number of hydrogen-bond donors (Lipinski definition) is 0. The Kier molecular flexibility index (Phi) is 17.4. The van der Waals surface area contributed by atoms with Gasteiger partial charge in [-0.1, -0.05) is 41.9 Å². The molecular weight excluding hydrogens is 258 g/mol. The minimum absolute atomic E-state index is 0. The zero-order chi connectivity index (χ0) is 13.9. The first-order chi connectivity index (χ1) is 7.33. The second kappa shape index (κ2) is 11.2. The largest absolute Gasteiger partial charge is 0.284 e. The molecule has 0 aliphatic heterocycles. The molecule has 0 rings (SSSR count). The lowest BCUT2D eigenvalue weighted by molar-refractivity contribution is -1.14. The summed E-state index contributed by atoms with van der Waals surface area (Å²) < 4.78 is 3.11.